The summed E-state index contributed by atoms with van der Waals surface area (Å²) in [5.74, 6) is -0.296. The lowest BCUT2D eigenvalue weighted by Gasteiger charge is -2.09. The Morgan fingerprint density at radius 1 is 1.27 bits per heavy atom. The number of carbonyl (C=O) groups excluding carboxylic acids is 2. The molecule has 1 aromatic heterocycles. The number of hydrogen-bond donors (Lipinski definition) is 2. The van der Waals surface area contributed by atoms with Gasteiger partial charge in [0.05, 0.1) is 10.6 Å². The van der Waals surface area contributed by atoms with E-state index in [0.29, 0.717) is 26.4 Å². The summed E-state index contributed by atoms with van der Waals surface area (Å²) in [4.78, 5) is 23.5. The molecule has 1 heterocycles. The molecule has 0 saturated carbocycles. The molecular formula is C14H12Cl2N2O3S. The first kappa shape index (κ1) is 16.6. The molecule has 0 saturated heterocycles. The number of thiophene rings is 1. The van der Waals surface area contributed by atoms with Gasteiger partial charge in [-0.05, 0) is 29.6 Å². The Balaban J connectivity index is 1.96. The van der Waals surface area contributed by atoms with E-state index < -0.39 is 5.91 Å². The first-order valence-electron chi connectivity index (χ1n) is 6.18. The summed E-state index contributed by atoms with van der Waals surface area (Å²) < 4.78 is 5.33. The van der Waals surface area contributed by atoms with Crippen LogP contribution in [0.5, 0.6) is 5.75 Å². The minimum absolute atomic E-state index is 0.230. The second-order valence-corrected chi connectivity index (χ2v) is 5.91. The maximum atomic E-state index is 11.9. The molecule has 0 radical (unpaired) electrons. The monoisotopic (exact) mass is 358 g/mol. The van der Waals surface area contributed by atoms with Gasteiger partial charge in [-0.2, -0.15) is 0 Å². The third-order valence-corrected chi connectivity index (χ3v) is 4.00. The molecular weight excluding hydrogens is 347 g/mol. The SMILES string of the molecule is CNC(=O)c1ccsc1NC(=O)COc1ccc(Cl)cc1Cl. The molecule has 2 amide bonds. The summed E-state index contributed by atoms with van der Waals surface area (Å²) in [6.45, 7) is -0.230. The van der Waals surface area contributed by atoms with Crippen molar-refractivity contribution in [1.29, 1.82) is 0 Å². The van der Waals surface area contributed by atoms with Crippen molar-refractivity contribution >= 4 is 51.4 Å². The second kappa shape index (κ2) is 7.49. The third-order valence-electron chi connectivity index (χ3n) is 2.64. The van der Waals surface area contributed by atoms with Gasteiger partial charge in [0.25, 0.3) is 11.8 Å². The fourth-order valence-electron chi connectivity index (χ4n) is 1.62. The minimum Gasteiger partial charge on any atom is -0.482 e. The molecule has 22 heavy (non-hydrogen) atoms. The van der Waals surface area contributed by atoms with Crippen LogP contribution in [0.3, 0.4) is 0 Å². The van der Waals surface area contributed by atoms with Crippen LogP contribution in [0.2, 0.25) is 10.0 Å². The van der Waals surface area contributed by atoms with Crippen molar-refractivity contribution in [2.75, 3.05) is 19.0 Å². The van der Waals surface area contributed by atoms with Gasteiger partial charge in [0, 0.05) is 12.1 Å². The smallest absolute Gasteiger partial charge is 0.262 e. The van der Waals surface area contributed by atoms with E-state index in [9.17, 15) is 9.59 Å². The van der Waals surface area contributed by atoms with E-state index in [2.05, 4.69) is 10.6 Å². The van der Waals surface area contributed by atoms with Crippen molar-refractivity contribution < 1.29 is 14.3 Å². The summed E-state index contributed by atoms with van der Waals surface area (Å²) in [6, 6.07) is 6.36. The summed E-state index contributed by atoms with van der Waals surface area (Å²) in [5, 5.41) is 8.13. The van der Waals surface area contributed by atoms with Gasteiger partial charge in [-0.15, -0.1) is 11.3 Å². The van der Waals surface area contributed by atoms with Crippen LogP contribution in [0.4, 0.5) is 5.00 Å². The Morgan fingerprint density at radius 3 is 2.73 bits per heavy atom. The van der Waals surface area contributed by atoms with Crippen molar-refractivity contribution in [2.24, 2.45) is 0 Å². The number of benzene rings is 1. The quantitative estimate of drug-likeness (QED) is 0.860. The van der Waals surface area contributed by atoms with E-state index >= 15 is 0 Å². The van der Waals surface area contributed by atoms with Crippen LogP contribution in [0, 0.1) is 0 Å². The molecule has 0 fully saturated rings. The number of anilines is 1. The lowest BCUT2D eigenvalue weighted by Crippen LogP contribution is -2.23. The number of rotatable bonds is 5. The van der Waals surface area contributed by atoms with E-state index in [-0.39, 0.29) is 12.5 Å². The highest BCUT2D eigenvalue weighted by atomic mass is 35.5. The van der Waals surface area contributed by atoms with Gasteiger partial charge >= 0.3 is 0 Å². The summed E-state index contributed by atoms with van der Waals surface area (Å²) in [6.07, 6.45) is 0. The van der Waals surface area contributed by atoms with E-state index in [1.165, 1.54) is 24.5 Å². The highest BCUT2D eigenvalue weighted by molar-refractivity contribution is 7.14. The Kier molecular flexibility index (Phi) is 5.65. The molecule has 2 aromatic rings. The van der Waals surface area contributed by atoms with Gasteiger partial charge in [-0.3, -0.25) is 9.59 Å². The van der Waals surface area contributed by atoms with Crippen molar-refractivity contribution in [1.82, 2.24) is 5.32 Å². The Bertz CT molecular complexity index is 703. The van der Waals surface area contributed by atoms with Crippen molar-refractivity contribution in [2.45, 2.75) is 0 Å². The highest BCUT2D eigenvalue weighted by Crippen LogP contribution is 2.27. The molecule has 8 heteroatoms. The number of carbonyl (C=O) groups is 2. The van der Waals surface area contributed by atoms with Gasteiger partial charge in [0.2, 0.25) is 0 Å². The van der Waals surface area contributed by atoms with Crippen LogP contribution in [0.15, 0.2) is 29.6 Å². The zero-order valence-corrected chi connectivity index (χ0v) is 13.8. The average molecular weight is 359 g/mol. The van der Waals surface area contributed by atoms with E-state index in [0.717, 1.165) is 0 Å². The van der Waals surface area contributed by atoms with Crippen molar-refractivity contribution in [3.05, 3.63) is 45.3 Å². The molecule has 2 rings (SSSR count). The fraction of sp³-hybridized carbons (Fsp3) is 0.143. The van der Waals surface area contributed by atoms with E-state index in [4.69, 9.17) is 27.9 Å². The summed E-state index contributed by atoms with van der Waals surface area (Å²) in [5.41, 5.74) is 0.408. The number of hydrogen-bond acceptors (Lipinski definition) is 4. The first-order valence-corrected chi connectivity index (χ1v) is 7.82. The van der Waals surface area contributed by atoms with Gasteiger partial charge in [0.1, 0.15) is 10.8 Å². The molecule has 0 atom stereocenters. The molecule has 0 aliphatic heterocycles. The zero-order valence-electron chi connectivity index (χ0n) is 11.5. The summed E-state index contributed by atoms with van der Waals surface area (Å²) in [7, 11) is 1.53. The second-order valence-electron chi connectivity index (χ2n) is 4.15. The Morgan fingerprint density at radius 2 is 2.05 bits per heavy atom. The third kappa shape index (κ3) is 4.13. The fourth-order valence-corrected chi connectivity index (χ4v) is 2.88. The predicted molar refractivity (Wildman–Crippen MR) is 88.3 cm³/mol. The van der Waals surface area contributed by atoms with Crippen LogP contribution in [0.25, 0.3) is 0 Å². The maximum Gasteiger partial charge on any atom is 0.262 e. The molecule has 0 bridgehead atoms. The minimum atomic E-state index is -0.390. The maximum absolute atomic E-state index is 11.9. The number of nitrogens with one attached hydrogen (secondary N) is 2. The largest absolute Gasteiger partial charge is 0.482 e. The molecule has 0 spiro atoms. The van der Waals surface area contributed by atoms with Crippen molar-refractivity contribution in [3.8, 4) is 5.75 Å². The van der Waals surface area contributed by atoms with Crippen molar-refractivity contribution in [3.63, 3.8) is 0 Å². The van der Waals surface area contributed by atoms with Gasteiger partial charge in [-0.25, -0.2) is 0 Å². The van der Waals surface area contributed by atoms with Gasteiger partial charge in [0.15, 0.2) is 6.61 Å². The Hall–Kier alpha value is -1.76. The van der Waals surface area contributed by atoms with Gasteiger partial charge < -0.3 is 15.4 Å². The molecule has 0 aliphatic rings. The predicted octanol–water partition coefficient (Wildman–Crippen LogP) is 3.43. The zero-order chi connectivity index (χ0) is 16.1. The van der Waals surface area contributed by atoms with Crippen LogP contribution in [0.1, 0.15) is 10.4 Å². The number of amides is 2. The molecule has 1 aromatic carbocycles. The highest BCUT2D eigenvalue weighted by Gasteiger charge is 2.14. The van der Waals surface area contributed by atoms with Crippen LogP contribution in [-0.4, -0.2) is 25.5 Å². The first-order chi connectivity index (χ1) is 10.5. The Labute approximate surface area is 141 Å². The van der Waals surface area contributed by atoms with Gasteiger partial charge in [-0.1, -0.05) is 23.2 Å². The van der Waals surface area contributed by atoms with Crippen LogP contribution >= 0.6 is 34.5 Å². The average Bonchev–Trinajstić information content (AvgIpc) is 2.93. The van der Waals surface area contributed by atoms with E-state index in [1.54, 1.807) is 23.6 Å². The standard InChI is InChI=1S/C14H12Cl2N2O3S/c1-17-13(20)9-4-5-22-14(9)18-12(19)7-21-11-3-2-8(15)6-10(11)16/h2-6H,7H2,1H3,(H,17,20)(H,18,19). The molecule has 0 aliphatic carbocycles. The lowest BCUT2D eigenvalue weighted by molar-refractivity contribution is -0.118. The normalized spacial score (nSPS) is 10.1. The molecule has 5 nitrogen and oxygen atoms in total. The van der Waals surface area contributed by atoms with Crippen LogP contribution in [-0.2, 0) is 4.79 Å². The molecule has 0 unspecified atom stereocenters. The lowest BCUT2D eigenvalue weighted by atomic mass is 10.3. The summed E-state index contributed by atoms with van der Waals surface area (Å²) >= 11 is 13.0. The molecule has 116 valence electrons. The number of ether oxygens (including phenoxy) is 1. The van der Waals surface area contributed by atoms with Crippen LogP contribution < -0.4 is 15.4 Å². The van der Waals surface area contributed by atoms with E-state index in [1.807, 2.05) is 0 Å². The number of halogens is 2. The molecule has 2 N–H and O–H groups in total. The topological polar surface area (TPSA) is 67.4 Å².